The van der Waals surface area contributed by atoms with Gasteiger partial charge in [-0.15, -0.1) is 0 Å². The molecule has 5 heteroatoms. The van der Waals surface area contributed by atoms with Gasteiger partial charge in [0.1, 0.15) is 6.10 Å². The summed E-state index contributed by atoms with van der Waals surface area (Å²) < 4.78 is 5.17. The number of alkyl carbamates (subject to hydrolysis) is 1. The van der Waals surface area contributed by atoms with Gasteiger partial charge in [0.15, 0.2) is 0 Å². The molecular formula is C13H25N3O2. The van der Waals surface area contributed by atoms with Crippen LogP contribution >= 0.6 is 0 Å². The van der Waals surface area contributed by atoms with Crippen LogP contribution in [0.25, 0.3) is 0 Å². The highest BCUT2D eigenvalue weighted by molar-refractivity contribution is 5.69. The van der Waals surface area contributed by atoms with Gasteiger partial charge < -0.3 is 15.4 Å². The van der Waals surface area contributed by atoms with E-state index in [4.69, 9.17) is 4.74 Å². The lowest BCUT2D eigenvalue weighted by Gasteiger charge is -2.33. The summed E-state index contributed by atoms with van der Waals surface area (Å²) in [4.78, 5) is 13.3. The third kappa shape index (κ3) is 4.14. The number of hydrogen-bond donors (Lipinski definition) is 2. The molecule has 0 aromatic rings. The highest BCUT2D eigenvalue weighted by Gasteiger charge is 2.27. The minimum atomic E-state index is -0.268. The zero-order chi connectivity index (χ0) is 13.0. The van der Waals surface area contributed by atoms with Gasteiger partial charge in [-0.3, -0.25) is 4.90 Å². The Morgan fingerprint density at radius 2 is 2.17 bits per heavy atom. The van der Waals surface area contributed by atoms with Crippen LogP contribution in [0.5, 0.6) is 0 Å². The van der Waals surface area contributed by atoms with Crippen LogP contribution in [0.3, 0.4) is 0 Å². The molecule has 2 N–H and O–H groups in total. The molecule has 0 aromatic carbocycles. The number of ether oxygens (including phenoxy) is 1. The van der Waals surface area contributed by atoms with E-state index in [1.807, 2.05) is 0 Å². The minimum absolute atomic E-state index is 0.0443. The summed E-state index contributed by atoms with van der Waals surface area (Å²) in [6.45, 7) is 9.30. The number of carbonyl (C=O) groups is 1. The predicted octanol–water partition coefficient (Wildman–Crippen LogP) is 0.805. The van der Waals surface area contributed by atoms with Crippen molar-refractivity contribution in [1.29, 1.82) is 0 Å². The molecule has 18 heavy (non-hydrogen) atoms. The van der Waals surface area contributed by atoms with Crippen LogP contribution in [0.4, 0.5) is 4.79 Å². The second-order valence-corrected chi connectivity index (χ2v) is 5.72. The fraction of sp³-hybridized carbons (Fsp3) is 0.923. The van der Waals surface area contributed by atoms with Crippen molar-refractivity contribution in [2.75, 3.05) is 32.7 Å². The number of nitrogens with one attached hydrogen (secondary N) is 2. The average Bonchev–Trinajstić information content (AvgIpc) is 2.74. The first-order valence-corrected chi connectivity index (χ1v) is 7.03. The van der Waals surface area contributed by atoms with Crippen LogP contribution in [0.15, 0.2) is 0 Å². The summed E-state index contributed by atoms with van der Waals surface area (Å²) in [7, 11) is 0. The summed E-state index contributed by atoms with van der Waals surface area (Å²) in [5.74, 6) is 0.799. The van der Waals surface area contributed by atoms with Gasteiger partial charge in [-0.2, -0.15) is 0 Å². The van der Waals surface area contributed by atoms with Crippen LogP contribution in [0.1, 0.15) is 26.7 Å². The quantitative estimate of drug-likeness (QED) is 0.763. The van der Waals surface area contributed by atoms with Crippen LogP contribution in [-0.4, -0.2) is 55.9 Å². The van der Waals surface area contributed by atoms with Gasteiger partial charge in [-0.25, -0.2) is 4.79 Å². The van der Waals surface area contributed by atoms with E-state index in [-0.39, 0.29) is 12.2 Å². The lowest BCUT2D eigenvalue weighted by atomic mass is 9.96. The van der Waals surface area contributed by atoms with Gasteiger partial charge >= 0.3 is 6.09 Å². The van der Waals surface area contributed by atoms with Gasteiger partial charge in [0.25, 0.3) is 0 Å². The van der Waals surface area contributed by atoms with Gasteiger partial charge in [-0.1, -0.05) is 13.8 Å². The standard InChI is InChI=1S/C13H25N3O2/c1-10(2)14-7-11-3-5-16(6-4-11)9-12-8-15-13(17)18-12/h10-12,14H,3-9H2,1-2H3,(H,15,17). The first-order valence-electron chi connectivity index (χ1n) is 7.03. The van der Waals surface area contributed by atoms with Crippen molar-refractivity contribution >= 4 is 6.09 Å². The number of carbonyl (C=O) groups excluding carboxylic acids is 1. The van der Waals surface area contributed by atoms with Crippen molar-refractivity contribution in [2.45, 2.75) is 38.8 Å². The molecule has 5 nitrogen and oxygen atoms in total. The Kier molecular flexibility index (Phi) is 4.83. The molecule has 0 aliphatic carbocycles. The molecule has 1 atom stereocenters. The van der Waals surface area contributed by atoms with Gasteiger partial charge in [0.2, 0.25) is 0 Å². The largest absolute Gasteiger partial charge is 0.443 e. The summed E-state index contributed by atoms with van der Waals surface area (Å²) in [6, 6.07) is 0.576. The summed E-state index contributed by atoms with van der Waals surface area (Å²) in [5, 5.41) is 6.21. The molecule has 0 saturated carbocycles. The fourth-order valence-corrected chi connectivity index (χ4v) is 2.60. The maximum absolute atomic E-state index is 10.9. The molecule has 2 aliphatic rings. The molecule has 104 valence electrons. The second-order valence-electron chi connectivity index (χ2n) is 5.72. The molecule has 2 heterocycles. The SMILES string of the molecule is CC(C)NCC1CCN(CC2CNC(=O)O2)CC1. The Hall–Kier alpha value is -0.810. The molecule has 2 rings (SSSR count). The average molecular weight is 255 g/mol. The third-order valence-corrected chi connectivity index (χ3v) is 3.73. The number of likely N-dealkylation sites (tertiary alicyclic amines) is 1. The van der Waals surface area contributed by atoms with E-state index in [9.17, 15) is 4.79 Å². The molecular weight excluding hydrogens is 230 g/mol. The van der Waals surface area contributed by atoms with Crippen LogP contribution < -0.4 is 10.6 Å². The summed E-state index contributed by atoms with van der Waals surface area (Å²) in [6.07, 6.45) is 2.26. The van der Waals surface area contributed by atoms with Gasteiger partial charge in [0, 0.05) is 12.6 Å². The number of rotatable bonds is 5. The van der Waals surface area contributed by atoms with Crippen LogP contribution in [0, 0.1) is 5.92 Å². The smallest absolute Gasteiger partial charge is 0.407 e. The van der Waals surface area contributed by atoms with Gasteiger partial charge in [0.05, 0.1) is 6.54 Å². The van der Waals surface area contributed by atoms with Crippen molar-refractivity contribution in [3.8, 4) is 0 Å². The van der Waals surface area contributed by atoms with Gasteiger partial charge in [-0.05, 0) is 38.4 Å². The van der Waals surface area contributed by atoms with E-state index in [1.165, 1.54) is 12.8 Å². The normalized spacial score (nSPS) is 26.4. The maximum atomic E-state index is 10.9. The molecule has 2 saturated heterocycles. The molecule has 2 aliphatic heterocycles. The third-order valence-electron chi connectivity index (χ3n) is 3.73. The minimum Gasteiger partial charge on any atom is -0.443 e. The Labute approximate surface area is 109 Å². The summed E-state index contributed by atoms with van der Waals surface area (Å²) in [5.41, 5.74) is 0. The number of cyclic esters (lactones) is 1. The van der Waals surface area contributed by atoms with E-state index in [0.29, 0.717) is 12.6 Å². The molecule has 0 bridgehead atoms. The van der Waals surface area contributed by atoms with Crippen molar-refractivity contribution in [1.82, 2.24) is 15.5 Å². The highest BCUT2D eigenvalue weighted by Crippen LogP contribution is 2.17. The number of hydrogen-bond acceptors (Lipinski definition) is 4. The van der Waals surface area contributed by atoms with E-state index in [1.54, 1.807) is 0 Å². The molecule has 0 radical (unpaired) electrons. The molecule has 0 spiro atoms. The lowest BCUT2D eigenvalue weighted by molar-refractivity contribution is 0.0910. The van der Waals surface area contributed by atoms with E-state index in [2.05, 4.69) is 29.4 Å². The first-order chi connectivity index (χ1) is 8.63. The number of nitrogens with zero attached hydrogens (tertiary/aromatic N) is 1. The molecule has 2 fully saturated rings. The molecule has 1 amide bonds. The zero-order valence-corrected chi connectivity index (χ0v) is 11.4. The number of piperidine rings is 1. The van der Waals surface area contributed by atoms with Crippen molar-refractivity contribution < 1.29 is 9.53 Å². The number of amides is 1. The Bertz CT molecular complexity index is 275. The van der Waals surface area contributed by atoms with E-state index in [0.717, 1.165) is 32.1 Å². The topological polar surface area (TPSA) is 53.6 Å². The van der Waals surface area contributed by atoms with Crippen molar-refractivity contribution in [3.05, 3.63) is 0 Å². The molecule has 1 unspecified atom stereocenters. The predicted molar refractivity (Wildman–Crippen MR) is 70.6 cm³/mol. The molecule has 0 aromatic heterocycles. The lowest BCUT2D eigenvalue weighted by Crippen LogP contribution is -2.42. The highest BCUT2D eigenvalue weighted by atomic mass is 16.6. The van der Waals surface area contributed by atoms with Crippen LogP contribution in [0.2, 0.25) is 0 Å². The Morgan fingerprint density at radius 3 is 2.72 bits per heavy atom. The summed E-state index contributed by atoms with van der Waals surface area (Å²) >= 11 is 0. The maximum Gasteiger partial charge on any atom is 0.407 e. The first kappa shape index (κ1) is 13.6. The van der Waals surface area contributed by atoms with E-state index >= 15 is 0 Å². The Morgan fingerprint density at radius 1 is 1.44 bits per heavy atom. The fourth-order valence-electron chi connectivity index (χ4n) is 2.60. The second kappa shape index (κ2) is 6.38. The van der Waals surface area contributed by atoms with Crippen LogP contribution in [-0.2, 0) is 4.74 Å². The van der Waals surface area contributed by atoms with Crippen molar-refractivity contribution in [2.24, 2.45) is 5.92 Å². The Balaban J connectivity index is 1.62. The van der Waals surface area contributed by atoms with Crippen molar-refractivity contribution in [3.63, 3.8) is 0 Å². The zero-order valence-electron chi connectivity index (χ0n) is 11.4. The van der Waals surface area contributed by atoms with E-state index < -0.39 is 0 Å². The monoisotopic (exact) mass is 255 g/mol.